The number of anilines is 1. The number of rotatable bonds is 10. The first-order valence-electron chi connectivity index (χ1n) is 9.65. The minimum atomic E-state index is -2.63. The van der Waals surface area contributed by atoms with Crippen molar-refractivity contribution in [2.45, 2.75) is 38.7 Å². The van der Waals surface area contributed by atoms with Crippen molar-refractivity contribution in [1.82, 2.24) is 5.32 Å². The van der Waals surface area contributed by atoms with Crippen molar-refractivity contribution in [3.63, 3.8) is 0 Å². The fourth-order valence-electron chi connectivity index (χ4n) is 3.18. The predicted molar refractivity (Wildman–Crippen MR) is 125 cm³/mol. The van der Waals surface area contributed by atoms with E-state index in [0.717, 1.165) is 9.87 Å². The summed E-state index contributed by atoms with van der Waals surface area (Å²) in [7, 11) is -1.79. The maximum absolute atomic E-state index is 13.3. The number of carbonyl (C=O) groups excluding carboxylic acids is 1. The fourth-order valence-corrected chi connectivity index (χ4v) is 4.31. The molecule has 0 aliphatic carbocycles. The summed E-state index contributed by atoms with van der Waals surface area (Å²) < 4.78 is 23.4. The van der Waals surface area contributed by atoms with Gasteiger partial charge in [-0.25, -0.2) is 4.21 Å². The third-order valence-corrected chi connectivity index (χ3v) is 5.93. The summed E-state index contributed by atoms with van der Waals surface area (Å²) in [5.74, 6) is -1.53. The predicted octanol–water partition coefficient (Wildman–Crippen LogP) is 3.09. The highest BCUT2D eigenvalue weighted by atomic mass is 35.5. The van der Waals surface area contributed by atoms with Gasteiger partial charge in [0.15, 0.2) is 0 Å². The van der Waals surface area contributed by atoms with Crippen LogP contribution in [0.4, 0.5) is 5.69 Å². The molecule has 11 heteroatoms. The van der Waals surface area contributed by atoms with E-state index in [4.69, 9.17) is 23.2 Å². The highest BCUT2D eigenvalue weighted by Crippen LogP contribution is 2.32. The maximum atomic E-state index is 13.3. The number of nitrogens with one attached hydrogen (secondary N) is 1. The smallest absolute Gasteiger partial charge is 0.426 e. The van der Waals surface area contributed by atoms with Gasteiger partial charge in [0, 0.05) is 11.4 Å². The molecule has 0 spiro atoms. The van der Waals surface area contributed by atoms with Crippen LogP contribution < -0.4 is 9.62 Å². The van der Waals surface area contributed by atoms with E-state index < -0.39 is 36.3 Å². The quantitative estimate of drug-likeness (QED) is 0.304. The first-order valence-corrected chi connectivity index (χ1v) is 11.5. The van der Waals surface area contributed by atoms with Crippen LogP contribution in [0.5, 0.6) is 0 Å². The first-order chi connectivity index (χ1) is 14.6. The third kappa shape index (κ3) is 7.48. The van der Waals surface area contributed by atoms with Gasteiger partial charge in [0.1, 0.15) is 6.04 Å². The molecule has 4 N–H and O–H groups in total. The van der Waals surface area contributed by atoms with E-state index in [-0.39, 0.29) is 28.1 Å². The number of benzene rings is 2. The molecule has 7 nitrogen and oxygen atoms in total. The number of hydrogen-bond acceptors (Lipinski definition) is 4. The zero-order valence-electron chi connectivity index (χ0n) is 17.1. The van der Waals surface area contributed by atoms with Crippen molar-refractivity contribution in [2.75, 3.05) is 4.31 Å². The van der Waals surface area contributed by atoms with Gasteiger partial charge in [-0.15, -0.1) is 0 Å². The number of hydrogen-bond donors (Lipinski definition) is 4. The van der Waals surface area contributed by atoms with Gasteiger partial charge in [-0.2, -0.15) is 0 Å². The Morgan fingerprint density at radius 1 is 1.16 bits per heavy atom. The van der Waals surface area contributed by atoms with Crippen LogP contribution in [0.25, 0.3) is 0 Å². The molecule has 31 heavy (non-hydrogen) atoms. The summed E-state index contributed by atoms with van der Waals surface area (Å²) >= 11 is 9.69. The minimum absolute atomic E-state index is 0.0672. The molecule has 0 saturated carbocycles. The second kappa shape index (κ2) is 11.8. The molecule has 0 heterocycles. The summed E-state index contributed by atoms with van der Waals surface area (Å²) in [5, 5.41) is 22.4. The van der Waals surface area contributed by atoms with Crippen LogP contribution >= 0.6 is 23.2 Å². The van der Waals surface area contributed by atoms with Gasteiger partial charge >= 0.3 is 7.12 Å². The monoisotopic (exact) mass is 486 g/mol. The molecule has 0 fully saturated rings. The Bertz CT molecular complexity index is 904. The summed E-state index contributed by atoms with van der Waals surface area (Å²) in [6.07, 6.45) is 0.374. The number of carbonyl (C=O) groups is 1. The van der Waals surface area contributed by atoms with Gasteiger partial charge < -0.3 is 15.4 Å². The van der Waals surface area contributed by atoms with Crippen molar-refractivity contribution in [2.24, 2.45) is 5.92 Å². The van der Waals surface area contributed by atoms with E-state index in [9.17, 15) is 23.6 Å². The lowest BCUT2D eigenvalue weighted by Crippen LogP contribution is -2.55. The van der Waals surface area contributed by atoms with Crippen LogP contribution in [0.1, 0.15) is 25.8 Å². The molecule has 0 aliphatic heterocycles. The van der Waals surface area contributed by atoms with Crippen LogP contribution in [0.2, 0.25) is 10.0 Å². The second-order valence-electron chi connectivity index (χ2n) is 7.52. The van der Waals surface area contributed by atoms with Gasteiger partial charge in [0.2, 0.25) is 5.91 Å². The van der Waals surface area contributed by atoms with Gasteiger partial charge in [0.25, 0.3) is 11.3 Å². The molecule has 2 rings (SSSR count). The Labute approximate surface area is 194 Å². The van der Waals surface area contributed by atoms with E-state index in [1.165, 1.54) is 18.2 Å². The van der Waals surface area contributed by atoms with Gasteiger partial charge in [-0.1, -0.05) is 67.4 Å². The fraction of sp³-hybridized carbons (Fsp3) is 0.350. The van der Waals surface area contributed by atoms with Crippen molar-refractivity contribution in [3.05, 3.63) is 64.1 Å². The maximum Gasteiger partial charge on any atom is 0.475 e. The average molecular weight is 487 g/mol. The van der Waals surface area contributed by atoms with E-state index in [2.05, 4.69) is 5.32 Å². The third-order valence-electron chi connectivity index (χ3n) is 4.58. The topological polar surface area (TPSA) is 110 Å². The lowest BCUT2D eigenvalue weighted by atomic mass is 9.75. The Morgan fingerprint density at radius 2 is 1.81 bits per heavy atom. The summed E-state index contributed by atoms with van der Waals surface area (Å²) in [6.45, 7) is 3.76. The lowest BCUT2D eigenvalue weighted by molar-refractivity contribution is -0.122. The molecule has 1 amide bonds. The Balaban J connectivity index is 2.48. The Hall–Kier alpha value is -1.62. The molecule has 2 aromatic rings. The second-order valence-corrected chi connectivity index (χ2v) is 9.21. The van der Waals surface area contributed by atoms with E-state index in [0.29, 0.717) is 6.42 Å². The molecule has 0 saturated heterocycles. The highest BCUT2D eigenvalue weighted by molar-refractivity contribution is 7.80. The zero-order chi connectivity index (χ0) is 23.1. The standard InChI is InChI=1S/C20H25BCl2N2O5S/c1-13(2)10-19(21(27)28)24-20(26)18(11-14-6-4-3-5-7-14)25(31(29)30)17-12-15(22)8-9-16(17)23/h3-9,12-13,18-19,27-28H,10-11H2,1-2H3,(H,24,26)(H,29,30)/t18-,19-/m0/s1. The molecule has 3 atom stereocenters. The Morgan fingerprint density at radius 3 is 2.35 bits per heavy atom. The molecular formula is C20H25BCl2N2O5S. The first kappa shape index (κ1) is 25.6. The summed E-state index contributed by atoms with van der Waals surface area (Å²) in [5.41, 5.74) is 0.845. The minimum Gasteiger partial charge on any atom is -0.426 e. The molecule has 0 bridgehead atoms. The van der Waals surface area contributed by atoms with Crippen molar-refractivity contribution in [1.29, 1.82) is 0 Å². The van der Waals surface area contributed by atoms with Crippen molar-refractivity contribution >= 4 is 53.2 Å². The van der Waals surface area contributed by atoms with Crippen LogP contribution in [-0.4, -0.2) is 43.8 Å². The molecule has 0 radical (unpaired) electrons. The SMILES string of the molecule is CC(C)C[C@H](NC(=O)[C@H](Cc1ccccc1)N(c1cc(Cl)ccc1Cl)S(=O)O)B(O)O. The van der Waals surface area contributed by atoms with Crippen LogP contribution in [0, 0.1) is 5.92 Å². The van der Waals surface area contributed by atoms with Crippen LogP contribution in [-0.2, 0) is 22.5 Å². The number of halogens is 2. The molecule has 0 aliphatic rings. The highest BCUT2D eigenvalue weighted by Gasteiger charge is 2.35. The molecule has 1 unspecified atom stereocenters. The molecule has 168 valence electrons. The molecular weight excluding hydrogens is 462 g/mol. The molecule has 2 aromatic carbocycles. The average Bonchev–Trinajstić information content (AvgIpc) is 2.69. The largest absolute Gasteiger partial charge is 0.475 e. The summed E-state index contributed by atoms with van der Waals surface area (Å²) in [6, 6.07) is 12.2. The molecule has 0 aromatic heterocycles. The van der Waals surface area contributed by atoms with E-state index in [1.807, 2.05) is 19.9 Å². The summed E-state index contributed by atoms with van der Waals surface area (Å²) in [4.78, 5) is 13.3. The van der Waals surface area contributed by atoms with Crippen molar-refractivity contribution in [3.8, 4) is 0 Å². The van der Waals surface area contributed by atoms with E-state index in [1.54, 1.807) is 24.3 Å². The normalized spacial score (nSPS) is 14.1. The van der Waals surface area contributed by atoms with Crippen LogP contribution in [0.3, 0.4) is 0 Å². The Kier molecular flexibility index (Phi) is 9.80. The van der Waals surface area contributed by atoms with Gasteiger partial charge in [-0.3, -0.25) is 13.7 Å². The van der Waals surface area contributed by atoms with Crippen molar-refractivity contribution < 1.29 is 23.6 Å². The van der Waals surface area contributed by atoms with E-state index >= 15 is 0 Å². The lowest BCUT2D eigenvalue weighted by Gasteiger charge is -2.31. The number of amides is 1. The van der Waals surface area contributed by atoms with Crippen LogP contribution in [0.15, 0.2) is 48.5 Å². The van der Waals surface area contributed by atoms with Gasteiger partial charge in [0.05, 0.1) is 16.7 Å². The number of nitrogens with zero attached hydrogens (tertiary/aromatic N) is 1. The van der Waals surface area contributed by atoms with Gasteiger partial charge in [-0.05, 0) is 36.1 Å². The zero-order valence-corrected chi connectivity index (χ0v) is 19.4.